The van der Waals surface area contributed by atoms with Crippen molar-refractivity contribution in [3.8, 4) is 5.75 Å². The van der Waals surface area contributed by atoms with Crippen LogP contribution in [0.3, 0.4) is 0 Å². The maximum absolute atomic E-state index is 10.7. The van der Waals surface area contributed by atoms with Crippen LogP contribution in [0, 0.1) is 17.3 Å². The minimum absolute atomic E-state index is 0.0788. The summed E-state index contributed by atoms with van der Waals surface area (Å²) in [4.78, 5) is 0. The highest BCUT2D eigenvalue weighted by Gasteiger charge is 2.54. The molecule has 0 radical (unpaired) electrons. The number of hydrogen-bond acceptors (Lipinski definition) is 2. The van der Waals surface area contributed by atoms with Gasteiger partial charge in [0.1, 0.15) is 5.75 Å². The molecular weight excluding hydrogens is 376 g/mol. The zero-order chi connectivity index (χ0) is 20.5. The number of benzene rings is 1. The first-order valence-corrected chi connectivity index (χ1v) is 18.4. The predicted molar refractivity (Wildman–Crippen MR) is 124 cm³/mol. The van der Waals surface area contributed by atoms with E-state index in [1.54, 1.807) is 11.1 Å². The van der Waals surface area contributed by atoms with Crippen LogP contribution in [0.4, 0.5) is 0 Å². The normalized spacial score (nSPS) is 35.1. The summed E-state index contributed by atoms with van der Waals surface area (Å²) in [7, 11) is -3.12. The minimum atomic E-state index is -1.63. The summed E-state index contributed by atoms with van der Waals surface area (Å²) >= 11 is 0. The fourth-order valence-corrected chi connectivity index (χ4v) is 8.95. The molecule has 5 atom stereocenters. The van der Waals surface area contributed by atoms with E-state index < -0.39 is 16.4 Å². The summed E-state index contributed by atoms with van der Waals surface area (Å²) in [6, 6.07) is 5.02. The van der Waals surface area contributed by atoms with E-state index in [0.717, 1.165) is 12.3 Å². The van der Waals surface area contributed by atoms with Crippen molar-refractivity contribution in [1.82, 2.24) is 0 Å². The highest BCUT2D eigenvalue weighted by molar-refractivity contribution is 6.89. The van der Waals surface area contributed by atoms with Gasteiger partial charge in [-0.15, -0.1) is 0 Å². The Morgan fingerprint density at radius 2 is 1.71 bits per heavy atom. The highest BCUT2D eigenvalue weighted by Crippen LogP contribution is 2.60. The number of aliphatic hydroxyl groups excluding tert-OH is 1. The highest BCUT2D eigenvalue weighted by atomic mass is 28.4. The third-order valence-electron chi connectivity index (χ3n) is 8.00. The Hall–Kier alpha value is -0.586. The summed E-state index contributed by atoms with van der Waals surface area (Å²) in [6.07, 6.45) is 7.09. The molecule has 2 saturated carbocycles. The number of aliphatic hydroxyl groups is 1. The zero-order valence-corrected chi connectivity index (χ0v) is 21.1. The predicted octanol–water partition coefficient (Wildman–Crippen LogP) is 5.66. The van der Waals surface area contributed by atoms with Crippen molar-refractivity contribution in [2.24, 2.45) is 17.3 Å². The minimum Gasteiger partial charge on any atom is -0.544 e. The molecule has 1 N–H and O–H groups in total. The van der Waals surface area contributed by atoms with Crippen LogP contribution in [-0.2, 0) is 6.42 Å². The van der Waals surface area contributed by atoms with Crippen LogP contribution in [0.1, 0.15) is 56.1 Å². The van der Waals surface area contributed by atoms with Crippen molar-refractivity contribution < 1.29 is 9.53 Å². The molecule has 2 fully saturated rings. The molecule has 3 aliphatic rings. The Balaban J connectivity index is 1.75. The Labute approximate surface area is 174 Å². The number of fused-ring (bicyclic) bond motifs is 5. The zero-order valence-electron chi connectivity index (χ0n) is 19.1. The largest absolute Gasteiger partial charge is 0.544 e. The van der Waals surface area contributed by atoms with E-state index in [2.05, 4.69) is 58.3 Å². The Morgan fingerprint density at radius 3 is 2.36 bits per heavy atom. The molecule has 0 bridgehead atoms. The number of hydrogen-bond donors (Lipinski definition) is 1. The van der Waals surface area contributed by atoms with Gasteiger partial charge in [0.15, 0.2) is 0 Å². The second-order valence-corrected chi connectivity index (χ2v) is 21.5. The van der Waals surface area contributed by atoms with Crippen molar-refractivity contribution in [2.45, 2.75) is 96.8 Å². The van der Waals surface area contributed by atoms with Gasteiger partial charge in [0, 0.05) is 0 Å². The lowest BCUT2D eigenvalue weighted by molar-refractivity contribution is -0.0226. The van der Waals surface area contributed by atoms with Gasteiger partial charge in [-0.3, -0.25) is 0 Å². The van der Waals surface area contributed by atoms with Gasteiger partial charge in [0.05, 0.1) is 14.2 Å². The molecule has 4 rings (SSSR count). The third-order valence-corrected chi connectivity index (χ3v) is 10.8. The quantitative estimate of drug-likeness (QED) is 0.644. The average molecular weight is 417 g/mol. The molecule has 2 nitrogen and oxygen atoms in total. The van der Waals surface area contributed by atoms with E-state index in [-0.39, 0.29) is 11.5 Å². The number of rotatable bonds is 3. The maximum Gasteiger partial charge on any atom is 0.242 e. The van der Waals surface area contributed by atoms with Gasteiger partial charge in [-0.25, -0.2) is 0 Å². The van der Waals surface area contributed by atoms with Crippen LogP contribution in [0.5, 0.6) is 5.75 Å². The topological polar surface area (TPSA) is 29.5 Å². The van der Waals surface area contributed by atoms with Gasteiger partial charge in [-0.1, -0.05) is 32.6 Å². The van der Waals surface area contributed by atoms with Crippen molar-refractivity contribution in [2.75, 3.05) is 0 Å². The second kappa shape index (κ2) is 6.71. The van der Waals surface area contributed by atoms with Crippen LogP contribution >= 0.6 is 0 Å². The van der Waals surface area contributed by atoms with E-state index in [0.29, 0.717) is 11.8 Å². The standard InChI is InChI=1S/C24H40O2Si2/c1-24-13-12-17-18(20(24)10-11-23(24)25)9-8-16-14-21(26-28(5,6)7)22(15-19(16)17)27(2,3)4/h14-15,17-18,20,23,25H,8-13H2,1-7H3/t17-,18+,20-,23-,24-/m0/s1. The Bertz CT molecular complexity index is 761. The molecular formula is C24H40O2Si2. The molecule has 0 spiro atoms. The lowest BCUT2D eigenvalue weighted by Crippen LogP contribution is -2.45. The van der Waals surface area contributed by atoms with Crippen molar-refractivity contribution in [3.63, 3.8) is 0 Å². The molecule has 0 aliphatic heterocycles. The SMILES string of the molecule is C[C@]12CC[C@@H]3c4cc([Si](C)(C)C)c(O[Si](C)(C)C)cc4CC[C@H]3[C@@H]1CC[C@@H]2O. The lowest BCUT2D eigenvalue weighted by Gasteiger charge is -2.50. The van der Waals surface area contributed by atoms with Gasteiger partial charge < -0.3 is 9.53 Å². The third kappa shape index (κ3) is 3.43. The van der Waals surface area contributed by atoms with Crippen LogP contribution < -0.4 is 9.61 Å². The average Bonchev–Trinajstić information content (AvgIpc) is 2.87. The molecule has 0 saturated heterocycles. The molecule has 156 valence electrons. The van der Waals surface area contributed by atoms with E-state index in [4.69, 9.17) is 4.43 Å². The van der Waals surface area contributed by atoms with Gasteiger partial charge in [0.2, 0.25) is 8.32 Å². The van der Waals surface area contributed by atoms with Crippen molar-refractivity contribution >= 4 is 21.6 Å². The first-order chi connectivity index (χ1) is 12.9. The summed E-state index contributed by atoms with van der Waals surface area (Å²) in [5.41, 5.74) is 3.36. The van der Waals surface area contributed by atoms with Crippen molar-refractivity contribution in [1.29, 1.82) is 0 Å². The van der Waals surface area contributed by atoms with Crippen LogP contribution in [-0.4, -0.2) is 27.6 Å². The fourth-order valence-electron chi connectivity index (χ4n) is 6.57. The van der Waals surface area contributed by atoms with Crippen LogP contribution in [0.2, 0.25) is 39.3 Å². The molecule has 1 aromatic carbocycles. The van der Waals surface area contributed by atoms with E-state index in [1.165, 1.54) is 43.0 Å². The second-order valence-electron chi connectivity index (χ2n) is 12.1. The van der Waals surface area contributed by atoms with E-state index >= 15 is 0 Å². The molecule has 0 heterocycles. The van der Waals surface area contributed by atoms with Gasteiger partial charge in [-0.05, 0) is 104 Å². The monoisotopic (exact) mass is 416 g/mol. The molecule has 1 aromatic rings. The van der Waals surface area contributed by atoms with E-state index in [9.17, 15) is 5.11 Å². The van der Waals surface area contributed by atoms with Gasteiger partial charge in [0.25, 0.3) is 0 Å². The summed E-state index contributed by atoms with van der Waals surface area (Å²) in [6.45, 7) is 16.6. The molecule has 0 unspecified atom stereocenters. The van der Waals surface area contributed by atoms with Crippen molar-refractivity contribution in [3.05, 3.63) is 23.3 Å². The van der Waals surface area contributed by atoms with Crippen LogP contribution in [0.15, 0.2) is 12.1 Å². The summed E-state index contributed by atoms with van der Waals surface area (Å²) in [5, 5.41) is 12.2. The smallest absolute Gasteiger partial charge is 0.242 e. The van der Waals surface area contributed by atoms with Crippen LogP contribution in [0.25, 0.3) is 0 Å². The molecule has 0 aromatic heterocycles. The first kappa shape index (κ1) is 20.7. The first-order valence-electron chi connectivity index (χ1n) is 11.4. The summed E-state index contributed by atoms with van der Waals surface area (Å²) < 4.78 is 6.60. The summed E-state index contributed by atoms with van der Waals surface area (Å²) in [5.74, 6) is 3.37. The number of aryl methyl sites for hydroxylation is 1. The maximum atomic E-state index is 10.7. The molecule has 0 amide bonds. The molecule has 3 aliphatic carbocycles. The van der Waals surface area contributed by atoms with E-state index in [1.807, 2.05) is 0 Å². The Kier molecular flexibility index (Phi) is 4.96. The van der Waals surface area contributed by atoms with Gasteiger partial charge >= 0.3 is 0 Å². The Morgan fingerprint density at radius 1 is 1.00 bits per heavy atom. The molecule has 4 heteroatoms. The van der Waals surface area contributed by atoms with Gasteiger partial charge in [-0.2, -0.15) is 0 Å². The molecule has 28 heavy (non-hydrogen) atoms. The fraction of sp³-hybridized carbons (Fsp3) is 0.750. The lowest BCUT2D eigenvalue weighted by atomic mass is 9.55.